The highest BCUT2D eigenvalue weighted by atomic mass is 79.9. The monoisotopic (exact) mass is 420 g/mol. The van der Waals surface area contributed by atoms with E-state index >= 15 is 0 Å². The van der Waals surface area contributed by atoms with E-state index in [1.807, 2.05) is 54.7 Å². The number of aromatic nitrogens is 1. The fraction of sp³-hybridized carbons (Fsp3) is 0.190. The van der Waals surface area contributed by atoms with Crippen LogP contribution in [0.1, 0.15) is 29.9 Å². The molecular weight excluding hydrogens is 404 g/mol. The molecule has 1 aliphatic heterocycles. The van der Waals surface area contributed by atoms with Gasteiger partial charge >= 0.3 is 0 Å². The Morgan fingerprint density at radius 3 is 2.78 bits per heavy atom. The molecule has 1 amide bonds. The van der Waals surface area contributed by atoms with Crippen molar-refractivity contribution in [2.24, 2.45) is 5.10 Å². The molecule has 5 nitrogen and oxygen atoms in total. The van der Waals surface area contributed by atoms with E-state index in [2.05, 4.69) is 37.1 Å². The van der Waals surface area contributed by atoms with Crippen molar-refractivity contribution in [1.29, 1.82) is 5.26 Å². The summed E-state index contributed by atoms with van der Waals surface area (Å²) in [4.78, 5) is 12.6. The van der Waals surface area contributed by atoms with Crippen molar-refractivity contribution in [2.45, 2.75) is 25.3 Å². The summed E-state index contributed by atoms with van der Waals surface area (Å²) in [5, 5.41) is 14.3. The van der Waals surface area contributed by atoms with Crippen molar-refractivity contribution >= 4 is 38.5 Å². The maximum absolute atomic E-state index is 12.6. The normalized spacial score (nSPS) is 16.7. The summed E-state index contributed by atoms with van der Waals surface area (Å²) in [6.07, 6.45) is 2.98. The number of amides is 1. The van der Waals surface area contributed by atoms with Gasteiger partial charge in [0.25, 0.3) is 0 Å². The third-order valence-corrected chi connectivity index (χ3v) is 5.38. The van der Waals surface area contributed by atoms with Gasteiger partial charge in [-0.25, -0.2) is 5.43 Å². The SMILES string of the molecule is N#CCCn1cc(C2CC(c3ccc(Br)cc3)=NNC2=O)c2ccccc21. The number of rotatable bonds is 4. The van der Waals surface area contributed by atoms with Gasteiger partial charge in [-0.1, -0.05) is 46.3 Å². The Morgan fingerprint density at radius 2 is 2.00 bits per heavy atom. The lowest BCUT2D eigenvalue weighted by molar-refractivity contribution is -0.122. The van der Waals surface area contributed by atoms with Gasteiger partial charge in [0.2, 0.25) is 5.91 Å². The molecule has 2 aromatic carbocycles. The summed E-state index contributed by atoms with van der Waals surface area (Å²) >= 11 is 3.44. The first-order chi connectivity index (χ1) is 13.2. The number of para-hydroxylation sites is 1. The molecule has 1 atom stereocenters. The van der Waals surface area contributed by atoms with Crippen LogP contribution in [0.3, 0.4) is 0 Å². The average Bonchev–Trinajstić information content (AvgIpc) is 3.06. The third-order valence-electron chi connectivity index (χ3n) is 4.85. The van der Waals surface area contributed by atoms with E-state index in [9.17, 15) is 4.79 Å². The number of benzene rings is 2. The lowest BCUT2D eigenvalue weighted by Gasteiger charge is -2.21. The Morgan fingerprint density at radius 1 is 1.22 bits per heavy atom. The molecule has 0 bridgehead atoms. The van der Waals surface area contributed by atoms with Gasteiger partial charge < -0.3 is 4.57 Å². The minimum atomic E-state index is -0.311. The number of carbonyl (C=O) groups is 1. The minimum Gasteiger partial charge on any atom is -0.346 e. The quantitative estimate of drug-likeness (QED) is 0.682. The molecule has 0 radical (unpaired) electrons. The molecule has 134 valence electrons. The number of carbonyl (C=O) groups excluding carboxylic acids is 1. The molecule has 0 fully saturated rings. The minimum absolute atomic E-state index is 0.0981. The molecule has 0 spiro atoms. The molecule has 3 aromatic rings. The molecule has 27 heavy (non-hydrogen) atoms. The molecule has 1 aliphatic rings. The highest BCUT2D eigenvalue weighted by Crippen LogP contribution is 2.33. The largest absolute Gasteiger partial charge is 0.346 e. The fourth-order valence-corrected chi connectivity index (χ4v) is 3.78. The summed E-state index contributed by atoms with van der Waals surface area (Å²) in [5.41, 5.74) is 6.57. The standard InChI is InChI=1S/C21H17BrN4O/c22-15-8-6-14(7-9-15)19-12-17(21(27)25-24-19)18-13-26(11-3-10-23)20-5-2-1-4-16(18)20/h1-2,4-9,13,17H,3,11-12H2,(H,25,27). The predicted molar refractivity (Wildman–Crippen MR) is 108 cm³/mol. The van der Waals surface area contributed by atoms with Crippen LogP contribution in [0.5, 0.6) is 0 Å². The summed E-state index contributed by atoms with van der Waals surface area (Å²) in [5.74, 6) is -0.409. The van der Waals surface area contributed by atoms with Crippen LogP contribution in [0.4, 0.5) is 0 Å². The zero-order valence-corrected chi connectivity index (χ0v) is 16.1. The van der Waals surface area contributed by atoms with E-state index in [0.717, 1.165) is 32.2 Å². The van der Waals surface area contributed by atoms with Crippen LogP contribution in [0.25, 0.3) is 10.9 Å². The number of fused-ring (bicyclic) bond motifs is 1. The van der Waals surface area contributed by atoms with Crippen LogP contribution in [-0.4, -0.2) is 16.2 Å². The van der Waals surface area contributed by atoms with E-state index in [-0.39, 0.29) is 11.8 Å². The van der Waals surface area contributed by atoms with Gasteiger partial charge in [-0.15, -0.1) is 0 Å². The number of hydrogen-bond donors (Lipinski definition) is 1. The van der Waals surface area contributed by atoms with Crippen LogP contribution in [0, 0.1) is 11.3 Å². The van der Waals surface area contributed by atoms with Crippen molar-refractivity contribution in [3.05, 3.63) is 70.3 Å². The number of aryl methyl sites for hydroxylation is 1. The zero-order chi connectivity index (χ0) is 18.8. The van der Waals surface area contributed by atoms with Crippen LogP contribution in [0.2, 0.25) is 0 Å². The van der Waals surface area contributed by atoms with Crippen LogP contribution < -0.4 is 5.43 Å². The molecular formula is C21H17BrN4O. The van der Waals surface area contributed by atoms with Gasteiger partial charge in [0.15, 0.2) is 0 Å². The Kier molecular flexibility index (Phi) is 4.78. The Labute approximate surface area is 165 Å². The Hall–Kier alpha value is -2.91. The van der Waals surface area contributed by atoms with Crippen LogP contribution in [-0.2, 0) is 11.3 Å². The summed E-state index contributed by atoms with van der Waals surface area (Å²) in [7, 11) is 0. The first-order valence-corrected chi connectivity index (χ1v) is 9.54. The van der Waals surface area contributed by atoms with E-state index in [1.54, 1.807) is 0 Å². The summed E-state index contributed by atoms with van der Waals surface area (Å²) in [6, 6.07) is 18.1. The fourth-order valence-electron chi connectivity index (χ4n) is 3.52. The van der Waals surface area contributed by atoms with Gasteiger partial charge in [0.05, 0.1) is 24.1 Å². The molecule has 4 rings (SSSR count). The number of nitrogens with zero attached hydrogens (tertiary/aromatic N) is 3. The number of hydrogen-bond acceptors (Lipinski definition) is 3. The number of halogens is 1. The second-order valence-electron chi connectivity index (χ2n) is 6.50. The second-order valence-corrected chi connectivity index (χ2v) is 7.42. The number of nitriles is 1. The summed E-state index contributed by atoms with van der Waals surface area (Å²) in [6.45, 7) is 0.610. The maximum Gasteiger partial charge on any atom is 0.248 e. The smallest absolute Gasteiger partial charge is 0.248 e. The van der Waals surface area contributed by atoms with Gasteiger partial charge in [-0.2, -0.15) is 10.4 Å². The molecule has 2 heterocycles. The molecule has 0 saturated heterocycles. The molecule has 1 aromatic heterocycles. The van der Waals surface area contributed by atoms with Crippen molar-refractivity contribution in [3.8, 4) is 6.07 Å². The molecule has 6 heteroatoms. The van der Waals surface area contributed by atoms with E-state index < -0.39 is 0 Å². The second kappa shape index (κ2) is 7.37. The first-order valence-electron chi connectivity index (χ1n) is 8.74. The molecule has 0 saturated carbocycles. The predicted octanol–water partition coefficient (Wildman–Crippen LogP) is 4.33. The van der Waals surface area contributed by atoms with Crippen molar-refractivity contribution < 1.29 is 4.79 Å². The summed E-state index contributed by atoms with van der Waals surface area (Å²) < 4.78 is 3.07. The maximum atomic E-state index is 12.6. The van der Waals surface area contributed by atoms with Crippen LogP contribution in [0.15, 0.2) is 64.3 Å². The van der Waals surface area contributed by atoms with E-state index in [0.29, 0.717) is 19.4 Å². The first kappa shape index (κ1) is 17.5. The van der Waals surface area contributed by atoms with Gasteiger partial charge in [0.1, 0.15) is 0 Å². The zero-order valence-electron chi connectivity index (χ0n) is 14.5. The van der Waals surface area contributed by atoms with Crippen molar-refractivity contribution in [2.75, 3.05) is 0 Å². The van der Waals surface area contributed by atoms with Gasteiger partial charge in [0, 0.05) is 34.5 Å². The third kappa shape index (κ3) is 3.38. The highest BCUT2D eigenvalue weighted by molar-refractivity contribution is 9.10. The Balaban J connectivity index is 1.72. The number of hydrazone groups is 1. The lowest BCUT2D eigenvalue weighted by Crippen LogP contribution is -2.33. The molecule has 1 N–H and O–H groups in total. The van der Waals surface area contributed by atoms with Gasteiger partial charge in [-0.05, 0) is 29.3 Å². The van der Waals surface area contributed by atoms with Crippen LogP contribution >= 0.6 is 15.9 Å². The molecule has 1 unspecified atom stereocenters. The topological polar surface area (TPSA) is 70.2 Å². The van der Waals surface area contributed by atoms with Gasteiger partial charge in [-0.3, -0.25) is 4.79 Å². The number of nitrogens with one attached hydrogen (secondary N) is 1. The highest BCUT2D eigenvalue weighted by Gasteiger charge is 2.29. The average molecular weight is 421 g/mol. The molecule has 0 aliphatic carbocycles. The van der Waals surface area contributed by atoms with E-state index in [4.69, 9.17) is 5.26 Å². The Bertz CT molecular complexity index is 1080. The lowest BCUT2D eigenvalue weighted by atomic mass is 9.89. The van der Waals surface area contributed by atoms with E-state index in [1.165, 1.54) is 0 Å². The van der Waals surface area contributed by atoms with Crippen molar-refractivity contribution in [1.82, 2.24) is 9.99 Å². The van der Waals surface area contributed by atoms with Crippen molar-refractivity contribution in [3.63, 3.8) is 0 Å².